The summed E-state index contributed by atoms with van der Waals surface area (Å²) in [7, 11) is 1.29. The van der Waals surface area contributed by atoms with Crippen LogP contribution in [0, 0.1) is 17.5 Å². The molecule has 0 aliphatic carbocycles. The van der Waals surface area contributed by atoms with Crippen molar-refractivity contribution in [2.45, 2.75) is 72.4 Å². The maximum absolute atomic E-state index is 13.7. The highest BCUT2D eigenvalue weighted by molar-refractivity contribution is 6.37. The Bertz CT molecular complexity index is 5960. The number of nitrogens with one attached hydrogen (secondary N) is 4. The van der Waals surface area contributed by atoms with E-state index in [4.69, 9.17) is 89.6 Å². The van der Waals surface area contributed by atoms with Gasteiger partial charge in [0.2, 0.25) is 5.91 Å². The zero-order valence-corrected chi connectivity index (χ0v) is 69.6. The number of halogens is 9. The van der Waals surface area contributed by atoms with Crippen LogP contribution in [0.5, 0.6) is 0 Å². The van der Waals surface area contributed by atoms with E-state index in [0.29, 0.717) is 127 Å². The fraction of sp³-hybridized carbons (Fsp3) is 0.182. The van der Waals surface area contributed by atoms with Gasteiger partial charge in [0.1, 0.15) is 17.5 Å². The van der Waals surface area contributed by atoms with E-state index in [1.165, 1.54) is 55.3 Å². The van der Waals surface area contributed by atoms with Crippen molar-refractivity contribution in [3.8, 4) is 17.1 Å². The van der Waals surface area contributed by atoms with Crippen LogP contribution in [0.4, 0.5) is 22.8 Å². The normalized spacial score (nSPS) is 14.6. The number of carbonyl (C=O) groups is 6. The van der Waals surface area contributed by atoms with Gasteiger partial charge in [-0.1, -0.05) is 124 Å². The van der Waals surface area contributed by atoms with Crippen molar-refractivity contribution >= 4 is 140 Å². The first-order chi connectivity index (χ1) is 57.7. The predicted molar refractivity (Wildman–Crippen MR) is 457 cm³/mol. The molecule has 3 aliphatic heterocycles. The fourth-order valence-electron chi connectivity index (χ4n) is 13.8. The second-order valence-corrected chi connectivity index (χ2v) is 30.5. The maximum Gasteiger partial charge on any atom is 0.410 e. The molecule has 6 aromatic carbocycles. The first kappa shape index (κ1) is 85.5. The molecule has 15 rings (SSSR count). The number of amides is 7. The number of carbonyl (C=O) groups excluding carboxylic acids is 6. The van der Waals surface area contributed by atoms with Gasteiger partial charge in [0.25, 0.3) is 17.7 Å². The van der Waals surface area contributed by atoms with Gasteiger partial charge in [-0.2, -0.15) is 15.3 Å². The molecule has 120 heavy (non-hydrogen) atoms. The number of urea groups is 1. The summed E-state index contributed by atoms with van der Waals surface area (Å²) < 4.78 is 50.7. The SMILES string of the molecule is CC(=O)N1C/C(=C\c2ccc(F)cc2)c2c(c(C(=O)NC(C)c3ccccn3)nn2-c2ccc(Cl)cc2Cl)C1.CCNC(=O)N1C/C(=C\c2ccc(F)cc2)c2c(c(C(=O)NC(C)c3ccccn3)nn2-c2ccc(Cl)cc2Cl)C1.COC(=O)N1C/C(=C\c2ccc(F)cc2)c2c(c(C(=O)NC(C)c3ccccn3)nn2-c2ccc(Cl)cc2Cl)C1. The summed E-state index contributed by atoms with van der Waals surface area (Å²) in [6.07, 6.45) is 9.92. The standard InChI is InChI=1S/C30H27Cl2FN6O2.C29H24Cl2FN5O3.C29H24Cl2FN5O2/c1-3-34-30(41)38-16-20(14-19-7-10-22(33)11-8-19)28-23(17-38)27(29(40)36-18(2)25-6-4-5-13-35-25)37-39(28)26-12-9-21(31)15-24(26)32;1-17(24-5-3-4-12-33-24)34-28(38)26-22-16-36(29(39)40-2)15-19(13-18-6-9-21(32)10-7-18)27(22)37(35-26)25-11-8-20(30)14-23(25)31;1-17(25-5-3-4-12-33-25)34-29(39)27-23-16-36(18(2)38)15-20(13-19-6-9-22(32)10-7-19)28(23)37(35-27)26-11-8-21(30)14-24(26)31/h4-15,18H,3,16-17H2,1-2H3,(H,34,41)(H,36,40);3-14,17H,15-16H2,1-2H3,(H,34,38);3-14,17H,15-16H2,1-2H3,(H,34,39)/b20-14+;19-13+;20-13+. The van der Waals surface area contributed by atoms with Crippen molar-refractivity contribution in [3.05, 3.63) is 333 Å². The van der Waals surface area contributed by atoms with Crippen LogP contribution in [-0.2, 0) is 29.2 Å². The minimum atomic E-state index is -0.568. The number of ether oxygens (including phenoxy) is 1. The lowest BCUT2D eigenvalue weighted by molar-refractivity contribution is -0.128. The van der Waals surface area contributed by atoms with Crippen LogP contribution in [0.25, 0.3) is 52.0 Å². The van der Waals surface area contributed by atoms with Crippen molar-refractivity contribution in [1.82, 2.24) is 80.3 Å². The quantitative estimate of drug-likeness (QED) is 0.0702. The first-order valence-corrected chi connectivity index (χ1v) is 39.9. The monoisotopic (exact) mass is 1730 g/mol. The van der Waals surface area contributed by atoms with E-state index in [1.807, 2.05) is 82.3 Å². The van der Waals surface area contributed by atoms with E-state index in [-0.39, 0.29) is 91.8 Å². The number of benzene rings is 6. The van der Waals surface area contributed by atoms with Gasteiger partial charge < -0.3 is 35.8 Å². The molecule has 12 aromatic rings. The van der Waals surface area contributed by atoms with Gasteiger partial charge in [-0.3, -0.25) is 39.0 Å². The van der Waals surface area contributed by atoms with Crippen LogP contribution in [0.1, 0.15) is 152 Å². The molecule has 0 saturated carbocycles. The average Bonchev–Trinajstić information content (AvgIpc) is 1.60. The summed E-state index contributed by atoms with van der Waals surface area (Å²) in [4.78, 5) is 97.0. The molecule has 23 nitrogen and oxygen atoms in total. The van der Waals surface area contributed by atoms with Gasteiger partial charge in [-0.05, 0) is 207 Å². The molecule has 0 spiro atoms. The summed E-state index contributed by atoms with van der Waals surface area (Å²) in [5, 5.41) is 28.2. The highest BCUT2D eigenvalue weighted by Crippen LogP contribution is 2.41. The van der Waals surface area contributed by atoms with E-state index in [9.17, 15) is 41.9 Å². The molecule has 3 atom stereocenters. The number of nitrogens with zero attached hydrogens (tertiary/aromatic N) is 12. The maximum atomic E-state index is 13.7. The Morgan fingerprint density at radius 1 is 0.425 bits per heavy atom. The van der Waals surface area contributed by atoms with Crippen LogP contribution < -0.4 is 21.3 Å². The minimum Gasteiger partial charge on any atom is -0.453 e. The zero-order valence-electron chi connectivity index (χ0n) is 65.1. The molecule has 6 aromatic heterocycles. The largest absolute Gasteiger partial charge is 0.453 e. The fourth-order valence-corrected chi connectivity index (χ4v) is 15.3. The molecule has 0 bridgehead atoms. The number of hydrogen-bond donors (Lipinski definition) is 4. The number of aromatic nitrogens is 9. The number of methoxy groups -OCH3 is 1. The van der Waals surface area contributed by atoms with Crippen LogP contribution in [-0.4, -0.2) is 128 Å². The second-order valence-electron chi connectivity index (χ2n) is 28.0. The molecule has 9 heterocycles. The van der Waals surface area contributed by atoms with E-state index < -0.39 is 35.9 Å². The molecule has 0 fully saturated rings. The molecule has 3 aliphatic rings. The van der Waals surface area contributed by atoms with Crippen LogP contribution in [0.15, 0.2) is 201 Å². The first-order valence-electron chi connectivity index (χ1n) is 37.6. The number of fused-ring (bicyclic) bond motifs is 3. The molecule has 612 valence electrons. The molecule has 3 unspecified atom stereocenters. The molecular weight excluding hydrogens is 1660 g/mol. The summed E-state index contributed by atoms with van der Waals surface area (Å²) in [5.74, 6) is -2.55. The number of pyridine rings is 3. The van der Waals surface area contributed by atoms with E-state index >= 15 is 0 Å². The van der Waals surface area contributed by atoms with E-state index in [0.717, 1.165) is 11.1 Å². The van der Waals surface area contributed by atoms with Crippen molar-refractivity contribution in [3.63, 3.8) is 0 Å². The van der Waals surface area contributed by atoms with Gasteiger partial charge in [0.15, 0.2) is 17.1 Å². The third kappa shape index (κ3) is 19.8. The van der Waals surface area contributed by atoms with Gasteiger partial charge in [0, 0.05) is 76.9 Å². The highest BCUT2D eigenvalue weighted by atomic mass is 35.5. The topological polar surface area (TPSA) is 262 Å². The van der Waals surface area contributed by atoms with Gasteiger partial charge >= 0.3 is 12.1 Å². The lowest BCUT2D eigenvalue weighted by Crippen LogP contribution is -2.42. The summed E-state index contributed by atoms with van der Waals surface area (Å²) in [5.41, 5.74) is 11.7. The number of rotatable bonds is 16. The molecule has 7 amide bonds. The summed E-state index contributed by atoms with van der Waals surface area (Å²) >= 11 is 38.3. The zero-order chi connectivity index (χ0) is 85.2. The second kappa shape index (κ2) is 38.1. The van der Waals surface area contributed by atoms with Crippen molar-refractivity contribution in [2.24, 2.45) is 0 Å². The molecule has 32 heteroatoms. The van der Waals surface area contributed by atoms with Gasteiger partial charge in [-0.25, -0.2) is 36.8 Å². The Kier molecular flexibility index (Phi) is 27.1. The van der Waals surface area contributed by atoms with E-state index in [1.54, 1.807) is 152 Å². The van der Waals surface area contributed by atoms with Crippen molar-refractivity contribution in [1.29, 1.82) is 0 Å². The molecule has 0 saturated heterocycles. The Hall–Kier alpha value is -12.4. The van der Waals surface area contributed by atoms with Crippen LogP contribution >= 0.6 is 69.6 Å². The Labute approximate surface area is 718 Å². The van der Waals surface area contributed by atoms with Gasteiger partial charge in [0.05, 0.1) is 118 Å². The third-order valence-corrected chi connectivity index (χ3v) is 21.2. The summed E-state index contributed by atoms with van der Waals surface area (Å²) in [6.45, 7) is 10.3. The van der Waals surface area contributed by atoms with Crippen molar-refractivity contribution < 1.29 is 46.7 Å². The average molecular weight is 1740 g/mol. The Morgan fingerprint density at radius 3 is 1.02 bits per heavy atom. The smallest absolute Gasteiger partial charge is 0.410 e. The van der Waals surface area contributed by atoms with Crippen LogP contribution in [0.3, 0.4) is 0 Å². The van der Waals surface area contributed by atoms with Crippen LogP contribution in [0.2, 0.25) is 30.1 Å². The lowest BCUT2D eigenvalue weighted by Gasteiger charge is -2.30. The van der Waals surface area contributed by atoms with Crippen molar-refractivity contribution in [2.75, 3.05) is 33.3 Å². The molecule has 4 N–H and O–H groups in total. The van der Waals surface area contributed by atoms with Gasteiger partial charge in [-0.15, -0.1) is 0 Å². The van der Waals surface area contributed by atoms with E-state index in [2.05, 4.69) is 36.2 Å². The molecule has 0 radical (unpaired) electrons. The lowest BCUT2D eigenvalue weighted by atomic mass is 9.97. The third-order valence-electron chi connectivity index (χ3n) is 19.6. The Balaban J connectivity index is 0.000000156. The minimum absolute atomic E-state index is 0.0642. The molecular formula is C88H75Cl6F3N16O7. The Morgan fingerprint density at radius 2 is 0.733 bits per heavy atom. The number of hydrogen-bond acceptors (Lipinski definition) is 13. The predicted octanol–water partition coefficient (Wildman–Crippen LogP) is 18.7. The highest BCUT2D eigenvalue weighted by Gasteiger charge is 2.39. The summed E-state index contributed by atoms with van der Waals surface area (Å²) in [6, 6.07) is 47.9.